The lowest BCUT2D eigenvalue weighted by molar-refractivity contribution is 0.150. The Morgan fingerprint density at radius 1 is 1.67 bits per heavy atom. The molecule has 1 fully saturated rings. The molecule has 0 radical (unpaired) electrons. The Hall–Kier alpha value is -0.590. The van der Waals surface area contributed by atoms with Gasteiger partial charge in [-0.15, -0.1) is 0 Å². The highest BCUT2D eigenvalue weighted by molar-refractivity contribution is 4.87. The number of β-amino-alcohol motifs (C(OH)–C–C–N with tert-alkyl or cyclic N) is 1. The Labute approximate surface area is 54.3 Å². The van der Waals surface area contributed by atoms with Gasteiger partial charge in [0.25, 0.3) is 0 Å². The van der Waals surface area contributed by atoms with Crippen molar-refractivity contribution in [3.63, 3.8) is 0 Å². The largest absolute Gasteiger partial charge is 0.391 e. The van der Waals surface area contributed by atoms with E-state index in [-0.39, 0.29) is 12.0 Å². The molecule has 0 spiro atoms. The van der Waals surface area contributed by atoms with Crippen molar-refractivity contribution >= 4 is 0 Å². The molecule has 1 saturated heterocycles. The molecule has 9 heavy (non-hydrogen) atoms. The first-order chi connectivity index (χ1) is 4.34. The molecule has 2 unspecified atom stereocenters. The van der Waals surface area contributed by atoms with Gasteiger partial charge >= 0.3 is 0 Å². The Bertz CT molecular complexity index is 130. The average molecular weight is 126 g/mol. The van der Waals surface area contributed by atoms with Gasteiger partial charge in [0.2, 0.25) is 0 Å². The highest BCUT2D eigenvalue weighted by Crippen LogP contribution is 2.11. The molecule has 0 aromatic rings. The number of nitrogens with zero attached hydrogens (tertiary/aromatic N) is 1. The Morgan fingerprint density at radius 2 is 2.44 bits per heavy atom. The van der Waals surface area contributed by atoms with E-state index in [1.165, 1.54) is 0 Å². The van der Waals surface area contributed by atoms with E-state index < -0.39 is 0 Å². The lowest BCUT2D eigenvalue weighted by Crippen LogP contribution is -2.16. The van der Waals surface area contributed by atoms with E-state index in [9.17, 15) is 0 Å². The summed E-state index contributed by atoms with van der Waals surface area (Å²) >= 11 is 0. The lowest BCUT2D eigenvalue weighted by Gasteiger charge is -2.06. The monoisotopic (exact) mass is 126 g/mol. The second-order valence-electron chi connectivity index (χ2n) is 2.35. The van der Waals surface area contributed by atoms with E-state index in [2.05, 4.69) is 5.32 Å². The minimum absolute atomic E-state index is 0.162. The van der Waals surface area contributed by atoms with Crippen LogP contribution < -0.4 is 5.32 Å². The molecule has 3 heteroatoms. The van der Waals surface area contributed by atoms with Gasteiger partial charge in [-0.05, 0) is 0 Å². The van der Waals surface area contributed by atoms with E-state index >= 15 is 0 Å². The summed E-state index contributed by atoms with van der Waals surface area (Å²) in [6, 6.07) is 2.04. The van der Waals surface area contributed by atoms with Crippen molar-refractivity contribution in [1.29, 1.82) is 5.26 Å². The predicted molar refractivity (Wildman–Crippen MR) is 32.6 cm³/mol. The quantitative estimate of drug-likeness (QED) is 0.497. The predicted octanol–water partition coefficient (Wildman–Crippen LogP) is -0.520. The molecule has 0 amide bonds. The topological polar surface area (TPSA) is 56.0 Å². The SMILES string of the molecule is N#CCC1CNCC1O. The van der Waals surface area contributed by atoms with Crippen LogP contribution in [-0.4, -0.2) is 24.3 Å². The van der Waals surface area contributed by atoms with Crippen LogP contribution in [0.3, 0.4) is 0 Å². The number of hydrogen-bond acceptors (Lipinski definition) is 3. The van der Waals surface area contributed by atoms with Gasteiger partial charge in [0, 0.05) is 25.4 Å². The fraction of sp³-hybridized carbons (Fsp3) is 0.833. The molecule has 1 heterocycles. The third kappa shape index (κ3) is 1.41. The summed E-state index contributed by atoms with van der Waals surface area (Å²) < 4.78 is 0. The molecule has 3 nitrogen and oxygen atoms in total. The summed E-state index contributed by atoms with van der Waals surface area (Å²) in [5.41, 5.74) is 0. The van der Waals surface area contributed by atoms with Gasteiger partial charge in [-0.2, -0.15) is 5.26 Å². The van der Waals surface area contributed by atoms with Crippen molar-refractivity contribution in [3.05, 3.63) is 0 Å². The Morgan fingerprint density at radius 3 is 2.89 bits per heavy atom. The molecule has 0 bridgehead atoms. The summed E-state index contributed by atoms with van der Waals surface area (Å²) in [4.78, 5) is 0. The van der Waals surface area contributed by atoms with E-state index in [1.807, 2.05) is 6.07 Å². The molecule has 0 aromatic heterocycles. The molecular formula is C6H10N2O. The number of aliphatic hydroxyl groups excluding tert-OH is 1. The second-order valence-corrected chi connectivity index (χ2v) is 2.35. The van der Waals surface area contributed by atoms with Gasteiger partial charge < -0.3 is 10.4 Å². The van der Waals surface area contributed by atoms with E-state index in [0.29, 0.717) is 13.0 Å². The standard InChI is InChI=1S/C6H10N2O/c7-2-1-5-3-8-4-6(5)9/h5-6,8-9H,1,3-4H2. The summed E-state index contributed by atoms with van der Waals surface area (Å²) in [5.74, 6) is 0.162. The molecule has 50 valence electrons. The number of nitriles is 1. The molecule has 1 aliphatic heterocycles. The summed E-state index contributed by atoms with van der Waals surface area (Å²) in [6.07, 6.45) is 0.165. The zero-order valence-corrected chi connectivity index (χ0v) is 5.17. The molecule has 0 aromatic carbocycles. The molecular weight excluding hydrogens is 116 g/mol. The second kappa shape index (κ2) is 2.81. The van der Waals surface area contributed by atoms with E-state index in [1.54, 1.807) is 0 Å². The minimum Gasteiger partial charge on any atom is -0.391 e. The zero-order valence-electron chi connectivity index (χ0n) is 5.17. The van der Waals surface area contributed by atoms with Gasteiger partial charge in [-0.3, -0.25) is 0 Å². The maximum atomic E-state index is 9.11. The maximum Gasteiger partial charge on any atom is 0.0714 e. The van der Waals surface area contributed by atoms with Crippen LogP contribution in [0.2, 0.25) is 0 Å². The van der Waals surface area contributed by atoms with Gasteiger partial charge in [0.05, 0.1) is 12.2 Å². The summed E-state index contributed by atoms with van der Waals surface area (Å²) in [7, 11) is 0. The van der Waals surface area contributed by atoms with Crippen molar-refractivity contribution in [2.24, 2.45) is 5.92 Å². The lowest BCUT2D eigenvalue weighted by atomic mass is 10.0. The van der Waals surface area contributed by atoms with Gasteiger partial charge in [0.1, 0.15) is 0 Å². The average Bonchev–Trinajstić information content (AvgIpc) is 2.18. The van der Waals surface area contributed by atoms with Crippen molar-refractivity contribution in [2.45, 2.75) is 12.5 Å². The van der Waals surface area contributed by atoms with Crippen LogP contribution in [-0.2, 0) is 0 Å². The first-order valence-corrected chi connectivity index (χ1v) is 3.10. The van der Waals surface area contributed by atoms with Crippen LogP contribution >= 0.6 is 0 Å². The van der Waals surface area contributed by atoms with Crippen molar-refractivity contribution in [1.82, 2.24) is 5.32 Å². The number of hydrogen-bond donors (Lipinski definition) is 2. The van der Waals surface area contributed by atoms with Gasteiger partial charge in [-0.25, -0.2) is 0 Å². The fourth-order valence-corrected chi connectivity index (χ4v) is 1.04. The zero-order chi connectivity index (χ0) is 6.69. The van der Waals surface area contributed by atoms with Crippen molar-refractivity contribution in [3.8, 4) is 6.07 Å². The molecule has 0 saturated carbocycles. The molecule has 2 atom stereocenters. The van der Waals surface area contributed by atoms with Crippen LogP contribution in [0, 0.1) is 17.2 Å². The molecule has 0 aliphatic carbocycles. The van der Waals surface area contributed by atoms with Crippen molar-refractivity contribution in [2.75, 3.05) is 13.1 Å². The summed E-state index contributed by atoms with van der Waals surface area (Å²) in [5, 5.41) is 20.4. The number of rotatable bonds is 1. The first-order valence-electron chi connectivity index (χ1n) is 3.10. The third-order valence-electron chi connectivity index (χ3n) is 1.66. The summed E-state index contributed by atoms with van der Waals surface area (Å²) in [6.45, 7) is 1.43. The van der Waals surface area contributed by atoms with Crippen molar-refractivity contribution < 1.29 is 5.11 Å². The van der Waals surface area contributed by atoms with Crippen LogP contribution in [0.5, 0.6) is 0 Å². The fourth-order valence-electron chi connectivity index (χ4n) is 1.04. The van der Waals surface area contributed by atoms with Crippen LogP contribution in [0.15, 0.2) is 0 Å². The minimum atomic E-state index is -0.301. The first kappa shape index (κ1) is 6.53. The van der Waals surface area contributed by atoms with Crippen LogP contribution in [0.4, 0.5) is 0 Å². The third-order valence-corrected chi connectivity index (χ3v) is 1.66. The Kier molecular flexibility index (Phi) is 2.04. The molecule has 1 aliphatic rings. The Balaban J connectivity index is 2.33. The van der Waals surface area contributed by atoms with Gasteiger partial charge in [-0.1, -0.05) is 0 Å². The van der Waals surface area contributed by atoms with E-state index in [0.717, 1.165) is 6.54 Å². The molecule has 1 rings (SSSR count). The van der Waals surface area contributed by atoms with Crippen LogP contribution in [0.25, 0.3) is 0 Å². The number of nitrogens with one attached hydrogen (secondary N) is 1. The van der Waals surface area contributed by atoms with Gasteiger partial charge in [0.15, 0.2) is 0 Å². The van der Waals surface area contributed by atoms with E-state index in [4.69, 9.17) is 10.4 Å². The highest BCUT2D eigenvalue weighted by atomic mass is 16.3. The number of aliphatic hydroxyl groups is 1. The highest BCUT2D eigenvalue weighted by Gasteiger charge is 2.23. The smallest absolute Gasteiger partial charge is 0.0714 e. The molecule has 2 N–H and O–H groups in total. The van der Waals surface area contributed by atoms with Crippen LogP contribution in [0.1, 0.15) is 6.42 Å². The normalized spacial score (nSPS) is 34.2. The maximum absolute atomic E-state index is 9.11.